The van der Waals surface area contributed by atoms with Crippen molar-refractivity contribution in [2.24, 2.45) is 5.41 Å². The smallest absolute Gasteiger partial charge is 0.101 e. The van der Waals surface area contributed by atoms with Crippen LogP contribution in [0.1, 0.15) is 69.4 Å². The normalized spacial score (nSPS) is 32.0. The van der Waals surface area contributed by atoms with E-state index < -0.39 is 0 Å². The topological polar surface area (TPSA) is 49.8 Å². The summed E-state index contributed by atoms with van der Waals surface area (Å²) in [6, 6.07) is 8.28. The molecule has 1 aromatic carbocycles. The fourth-order valence-electron chi connectivity index (χ4n) is 4.60. The highest BCUT2D eigenvalue weighted by atomic mass is 14.6. The van der Waals surface area contributed by atoms with Crippen molar-refractivity contribution in [2.75, 3.05) is 5.73 Å². The molecule has 3 aliphatic carbocycles. The van der Waals surface area contributed by atoms with Crippen molar-refractivity contribution in [1.82, 2.24) is 0 Å². The molecule has 0 aliphatic heterocycles. The van der Waals surface area contributed by atoms with Crippen LogP contribution in [0, 0.1) is 16.7 Å². The average molecular weight is 268 g/mol. The van der Waals surface area contributed by atoms with E-state index >= 15 is 0 Å². The van der Waals surface area contributed by atoms with Gasteiger partial charge in [-0.25, -0.2) is 0 Å². The second kappa shape index (κ2) is 4.81. The van der Waals surface area contributed by atoms with E-state index in [4.69, 9.17) is 11.0 Å². The van der Waals surface area contributed by atoms with Crippen LogP contribution >= 0.6 is 0 Å². The van der Waals surface area contributed by atoms with Gasteiger partial charge in [0.05, 0.1) is 5.56 Å². The minimum Gasteiger partial charge on any atom is -0.398 e. The van der Waals surface area contributed by atoms with Gasteiger partial charge in [0.1, 0.15) is 6.07 Å². The summed E-state index contributed by atoms with van der Waals surface area (Å²) >= 11 is 0. The standard InChI is InChI=1S/C18H24N2/c1-2-5-17-6-9-18(10-7-17,11-8-17)15-4-3-14(13-19)16(20)12-15/h3-4,12H,2,5-11,20H2,1H3. The van der Waals surface area contributed by atoms with E-state index in [0.717, 1.165) is 0 Å². The van der Waals surface area contributed by atoms with E-state index in [0.29, 0.717) is 22.1 Å². The molecule has 0 heterocycles. The molecule has 3 saturated carbocycles. The maximum atomic E-state index is 9.01. The Labute approximate surface area is 122 Å². The molecule has 0 unspecified atom stereocenters. The lowest BCUT2D eigenvalue weighted by Gasteiger charge is -2.54. The van der Waals surface area contributed by atoms with E-state index in [1.165, 1.54) is 56.9 Å². The second-order valence-electron chi connectivity index (χ2n) is 6.94. The molecule has 3 fully saturated rings. The van der Waals surface area contributed by atoms with Crippen LogP contribution in [0.25, 0.3) is 0 Å². The predicted octanol–water partition coefficient (Wildman–Crippen LogP) is 4.53. The van der Waals surface area contributed by atoms with Gasteiger partial charge in [-0.2, -0.15) is 5.26 Å². The number of nitriles is 1. The number of anilines is 1. The zero-order chi connectivity index (χ0) is 14.2. The molecule has 0 amide bonds. The summed E-state index contributed by atoms with van der Waals surface area (Å²) < 4.78 is 0. The molecule has 1 aromatic rings. The van der Waals surface area contributed by atoms with Crippen molar-refractivity contribution in [3.05, 3.63) is 29.3 Å². The number of hydrogen-bond donors (Lipinski definition) is 1. The summed E-state index contributed by atoms with van der Waals surface area (Å²) in [5.74, 6) is 0. The van der Waals surface area contributed by atoms with Gasteiger partial charge in [-0.3, -0.25) is 0 Å². The number of nitrogens with zero attached hydrogens (tertiary/aromatic N) is 1. The number of benzene rings is 1. The molecule has 2 nitrogen and oxygen atoms in total. The molecule has 20 heavy (non-hydrogen) atoms. The van der Waals surface area contributed by atoms with Crippen LogP contribution < -0.4 is 5.73 Å². The molecule has 0 spiro atoms. The number of hydrogen-bond acceptors (Lipinski definition) is 2. The summed E-state index contributed by atoms with van der Waals surface area (Å²) in [6.07, 6.45) is 10.8. The first-order valence-electron chi connectivity index (χ1n) is 7.93. The first-order chi connectivity index (χ1) is 9.63. The minimum atomic E-state index is 0.345. The third kappa shape index (κ3) is 2.00. The average Bonchev–Trinajstić information content (AvgIpc) is 2.49. The summed E-state index contributed by atoms with van der Waals surface area (Å²) in [5, 5.41) is 9.01. The highest BCUT2D eigenvalue weighted by Gasteiger charge is 2.48. The van der Waals surface area contributed by atoms with E-state index in [9.17, 15) is 0 Å². The molecule has 3 aliphatic rings. The Hall–Kier alpha value is -1.49. The SMILES string of the molecule is CCCC12CCC(c3ccc(C#N)c(N)c3)(CC1)CC2. The summed E-state index contributed by atoms with van der Waals surface area (Å²) in [7, 11) is 0. The van der Waals surface area contributed by atoms with Crippen LogP contribution in [0.5, 0.6) is 0 Å². The first kappa shape index (κ1) is 13.5. The zero-order valence-electron chi connectivity index (χ0n) is 12.4. The van der Waals surface area contributed by atoms with Gasteiger partial charge in [0.2, 0.25) is 0 Å². The fraction of sp³-hybridized carbons (Fsp3) is 0.611. The van der Waals surface area contributed by atoms with Crippen LogP contribution in [0.15, 0.2) is 18.2 Å². The Bertz CT molecular complexity index is 528. The van der Waals surface area contributed by atoms with Crippen molar-refractivity contribution < 1.29 is 0 Å². The van der Waals surface area contributed by atoms with Crippen molar-refractivity contribution in [1.29, 1.82) is 5.26 Å². The molecule has 0 aromatic heterocycles. The Balaban J connectivity index is 1.86. The Morgan fingerprint density at radius 1 is 1.15 bits per heavy atom. The lowest BCUT2D eigenvalue weighted by atomic mass is 9.51. The van der Waals surface area contributed by atoms with Gasteiger partial charge in [-0.1, -0.05) is 19.4 Å². The van der Waals surface area contributed by atoms with Crippen LogP contribution in [0.4, 0.5) is 5.69 Å². The molecule has 0 saturated heterocycles. The van der Waals surface area contributed by atoms with Crippen LogP contribution in [-0.4, -0.2) is 0 Å². The molecule has 0 radical (unpaired) electrons. The van der Waals surface area contributed by atoms with Gasteiger partial charge in [-0.15, -0.1) is 0 Å². The highest BCUT2D eigenvalue weighted by Crippen LogP contribution is 2.59. The monoisotopic (exact) mass is 268 g/mol. The quantitative estimate of drug-likeness (QED) is 0.819. The Kier molecular flexibility index (Phi) is 3.24. The third-order valence-electron chi connectivity index (χ3n) is 5.97. The Morgan fingerprint density at radius 3 is 2.30 bits per heavy atom. The van der Waals surface area contributed by atoms with E-state index in [2.05, 4.69) is 25.1 Å². The van der Waals surface area contributed by atoms with Gasteiger partial charge in [0, 0.05) is 5.69 Å². The number of fused-ring (bicyclic) bond motifs is 3. The lowest BCUT2D eigenvalue weighted by molar-refractivity contribution is 0.0320. The number of nitrogens with two attached hydrogens (primary N) is 1. The maximum absolute atomic E-state index is 9.01. The van der Waals surface area contributed by atoms with E-state index in [-0.39, 0.29) is 0 Å². The summed E-state index contributed by atoms with van der Waals surface area (Å²) in [6.45, 7) is 2.31. The van der Waals surface area contributed by atoms with Gasteiger partial charge in [-0.05, 0) is 73.5 Å². The molecule has 2 heteroatoms. The minimum absolute atomic E-state index is 0.345. The molecule has 2 N–H and O–H groups in total. The van der Waals surface area contributed by atoms with Gasteiger partial charge in [0.25, 0.3) is 0 Å². The fourth-order valence-corrected chi connectivity index (χ4v) is 4.60. The molecule has 4 rings (SSSR count). The molecule has 0 atom stereocenters. The third-order valence-corrected chi connectivity index (χ3v) is 5.97. The van der Waals surface area contributed by atoms with Crippen molar-refractivity contribution in [2.45, 2.75) is 63.7 Å². The largest absolute Gasteiger partial charge is 0.398 e. The Morgan fingerprint density at radius 2 is 1.80 bits per heavy atom. The van der Waals surface area contributed by atoms with E-state index in [1.807, 2.05) is 6.07 Å². The van der Waals surface area contributed by atoms with E-state index in [1.54, 1.807) is 0 Å². The maximum Gasteiger partial charge on any atom is 0.101 e. The molecular weight excluding hydrogens is 244 g/mol. The first-order valence-corrected chi connectivity index (χ1v) is 7.93. The zero-order valence-corrected chi connectivity index (χ0v) is 12.4. The number of rotatable bonds is 3. The summed E-state index contributed by atoms with van der Waals surface area (Å²) in [4.78, 5) is 0. The van der Waals surface area contributed by atoms with Crippen molar-refractivity contribution in [3.63, 3.8) is 0 Å². The lowest BCUT2D eigenvalue weighted by Crippen LogP contribution is -2.44. The van der Waals surface area contributed by atoms with Crippen LogP contribution in [0.2, 0.25) is 0 Å². The molecular formula is C18H24N2. The number of nitrogen functional groups attached to an aromatic ring is 1. The van der Waals surface area contributed by atoms with Gasteiger partial charge < -0.3 is 5.73 Å². The second-order valence-corrected chi connectivity index (χ2v) is 6.94. The van der Waals surface area contributed by atoms with Crippen molar-refractivity contribution in [3.8, 4) is 6.07 Å². The highest BCUT2D eigenvalue weighted by molar-refractivity contribution is 5.56. The molecule has 2 bridgehead atoms. The van der Waals surface area contributed by atoms with Gasteiger partial charge in [0.15, 0.2) is 0 Å². The van der Waals surface area contributed by atoms with Gasteiger partial charge >= 0.3 is 0 Å². The van der Waals surface area contributed by atoms with Crippen LogP contribution in [0.3, 0.4) is 0 Å². The molecule has 106 valence electrons. The van der Waals surface area contributed by atoms with Crippen LogP contribution in [-0.2, 0) is 5.41 Å². The van der Waals surface area contributed by atoms with Crippen molar-refractivity contribution >= 4 is 5.69 Å². The predicted molar refractivity (Wildman–Crippen MR) is 82.3 cm³/mol. The summed E-state index contributed by atoms with van der Waals surface area (Å²) in [5.41, 5.74) is 9.64.